The maximum Gasteiger partial charge on any atom is 0.416 e. The van der Waals surface area contributed by atoms with Crippen LogP contribution in [0.1, 0.15) is 11.1 Å². The van der Waals surface area contributed by atoms with Crippen molar-refractivity contribution in [3.05, 3.63) is 94.6 Å². The Hall–Kier alpha value is -3.04. The molecule has 0 radical (unpaired) electrons. The van der Waals surface area contributed by atoms with Gasteiger partial charge in [-0.25, -0.2) is 8.42 Å². The van der Waals surface area contributed by atoms with Gasteiger partial charge in [0, 0.05) is 17.8 Å². The molecule has 0 atom stereocenters. The van der Waals surface area contributed by atoms with Gasteiger partial charge in [0.1, 0.15) is 0 Å². The van der Waals surface area contributed by atoms with Gasteiger partial charge in [-0.05, 0) is 54.1 Å². The van der Waals surface area contributed by atoms with Crippen molar-refractivity contribution in [2.24, 2.45) is 11.4 Å². The summed E-state index contributed by atoms with van der Waals surface area (Å²) >= 11 is 5.99. The highest BCUT2D eigenvalue weighted by Crippen LogP contribution is 2.29. The van der Waals surface area contributed by atoms with Crippen LogP contribution in [0.5, 0.6) is 0 Å². The van der Waals surface area contributed by atoms with Crippen molar-refractivity contribution in [2.45, 2.75) is 11.9 Å². The average Bonchev–Trinajstić information content (AvgIpc) is 2.99. The first-order valence-corrected chi connectivity index (χ1v) is 11.4. The fourth-order valence-corrected chi connectivity index (χ4v) is 4.66. The number of fused-ring (bicyclic) bond motifs is 1. The van der Waals surface area contributed by atoms with E-state index in [1.54, 1.807) is 40.4 Å². The quantitative estimate of drug-likeness (QED) is 0.410. The van der Waals surface area contributed by atoms with Crippen molar-refractivity contribution in [3.63, 3.8) is 0 Å². The van der Waals surface area contributed by atoms with E-state index in [-0.39, 0.29) is 11.2 Å². The number of aryl methyl sites for hydroxylation is 1. The highest BCUT2D eigenvalue weighted by molar-refractivity contribution is 7.89. The Kier molecular flexibility index (Phi) is 5.64. The van der Waals surface area contributed by atoms with E-state index in [4.69, 9.17) is 11.6 Å². The van der Waals surface area contributed by atoms with Crippen molar-refractivity contribution < 1.29 is 21.6 Å². The normalized spacial score (nSPS) is 13.1. The number of alkyl halides is 3. The summed E-state index contributed by atoms with van der Waals surface area (Å²) in [4.78, 5) is 0. The molecule has 0 fully saturated rings. The lowest BCUT2D eigenvalue weighted by Gasteiger charge is -2.07. The standard InChI is InChI=1S/C22H17ClF3N3O2S/c1-28-19-4-2-3-5-20(19)29(18-12-10-17(23)11-13-18)21(28)27-32(30,31)14-15-6-8-16(9-7-15)22(24,25)26/h2-13H,14H2,1H3/b27-21-. The minimum atomic E-state index is -4.49. The Morgan fingerprint density at radius 3 is 2.09 bits per heavy atom. The summed E-state index contributed by atoms with van der Waals surface area (Å²) in [7, 11) is -2.37. The zero-order valence-electron chi connectivity index (χ0n) is 16.7. The first kappa shape index (κ1) is 22.2. The van der Waals surface area contributed by atoms with E-state index in [9.17, 15) is 21.6 Å². The zero-order valence-corrected chi connectivity index (χ0v) is 18.3. The minimum Gasteiger partial charge on any atom is -0.312 e. The van der Waals surface area contributed by atoms with Crippen LogP contribution in [-0.4, -0.2) is 17.6 Å². The molecule has 3 aromatic carbocycles. The minimum absolute atomic E-state index is 0.153. The van der Waals surface area contributed by atoms with Crippen LogP contribution in [-0.2, 0) is 29.0 Å². The molecule has 0 unspecified atom stereocenters. The molecule has 0 saturated carbocycles. The van der Waals surface area contributed by atoms with Gasteiger partial charge < -0.3 is 4.57 Å². The summed E-state index contributed by atoms with van der Waals surface area (Å²) in [6.07, 6.45) is -4.49. The molecule has 0 aliphatic heterocycles. The van der Waals surface area contributed by atoms with E-state index in [0.29, 0.717) is 10.7 Å². The monoisotopic (exact) mass is 479 g/mol. The predicted octanol–water partition coefficient (Wildman–Crippen LogP) is 5.07. The third-order valence-corrected chi connectivity index (χ3v) is 6.31. The average molecular weight is 480 g/mol. The summed E-state index contributed by atoms with van der Waals surface area (Å²) in [5.74, 6) is -0.534. The Bertz CT molecular complexity index is 1450. The van der Waals surface area contributed by atoms with Crippen molar-refractivity contribution >= 4 is 32.7 Å². The molecule has 32 heavy (non-hydrogen) atoms. The van der Waals surface area contributed by atoms with Crippen molar-refractivity contribution in [1.82, 2.24) is 9.13 Å². The second-order valence-corrected chi connectivity index (χ2v) is 9.24. The second kappa shape index (κ2) is 8.14. The second-order valence-electron chi connectivity index (χ2n) is 7.17. The van der Waals surface area contributed by atoms with Crippen LogP contribution in [0.25, 0.3) is 16.7 Å². The molecule has 4 rings (SSSR count). The summed E-state index contributed by atoms with van der Waals surface area (Å²) in [6, 6.07) is 18.2. The largest absolute Gasteiger partial charge is 0.416 e. The van der Waals surface area contributed by atoms with Crippen LogP contribution < -0.4 is 5.62 Å². The lowest BCUT2D eigenvalue weighted by molar-refractivity contribution is -0.137. The number of imidazole rings is 1. The fraction of sp³-hybridized carbons (Fsp3) is 0.136. The number of aromatic nitrogens is 2. The van der Waals surface area contributed by atoms with E-state index in [0.717, 1.165) is 35.3 Å². The Labute approximate surface area is 187 Å². The summed E-state index contributed by atoms with van der Waals surface area (Å²) in [6.45, 7) is 0. The van der Waals surface area contributed by atoms with Crippen LogP contribution in [0.4, 0.5) is 13.2 Å². The lowest BCUT2D eigenvalue weighted by Crippen LogP contribution is -2.25. The van der Waals surface area contributed by atoms with E-state index >= 15 is 0 Å². The molecule has 0 aliphatic rings. The van der Waals surface area contributed by atoms with E-state index in [1.807, 2.05) is 24.3 Å². The smallest absolute Gasteiger partial charge is 0.312 e. The molecule has 0 saturated heterocycles. The number of benzene rings is 3. The van der Waals surface area contributed by atoms with Gasteiger partial charge >= 0.3 is 6.18 Å². The van der Waals surface area contributed by atoms with E-state index in [2.05, 4.69) is 4.40 Å². The molecule has 1 heterocycles. The molecule has 0 spiro atoms. The third kappa shape index (κ3) is 4.44. The van der Waals surface area contributed by atoms with Gasteiger partial charge in [-0.15, -0.1) is 4.40 Å². The van der Waals surface area contributed by atoms with Gasteiger partial charge in [0.05, 0.1) is 22.3 Å². The number of hydrogen-bond acceptors (Lipinski definition) is 2. The van der Waals surface area contributed by atoms with Gasteiger partial charge in [0.2, 0.25) is 5.62 Å². The lowest BCUT2D eigenvalue weighted by atomic mass is 10.1. The van der Waals surface area contributed by atoms with Crippen molar-refractivity contribution in [2.75, 3.05) is 0 Å². The maximum atomic E-state index is 12.9. The van der Waals surface area contributed by atoms with Crippen LogP contribution in [0.2, 0.25) is 5.02 Å². The van der Waals surface area contributed by atoms with Crippen LogP contribution in [0.3, 0.4) is 0 Å². The predicted molar refractivity (Wildman–Crippen MR) is 117 cm³/mol. The SMILES string of the molecule is Cn1/c(=N/S(=O)(=O)Cc2ccc(C(F)(F)F)cc2)n(-c2ccc(Cl)cc2)c2ccccc21. The van der Waals surface area contributed by atoms with Crippen LogP contribution in [0.15, 0.2) is 77.2 Å². The Morgan fingerprint density at radius 1 is 0.906 bits per heavy atom. The highest BCUT2D eigenvalue weighted by atomic mass is 35.5. The molecular weight excluding hydrogens is 463 g/mol. The highest BCUT2D eigenvalue weighted by Gasteiger charge is 2.30. The summed E-state index contributed by atoms with van der Waals surface area (Å²) in [5, 5.41) is 0.531. The van der Waals surface area contributed by atoms with Gasteiger partial charge in [-0.2, -0.15) is 13.2 Å². The number of sulfonamides is 1. The molecule has 0 N–H and O–H groups in total. The van der Waals surface area contributed by atoms with Gasteiger partial charge in [0.25, 0.3) is 10.0 Å². The molecule has 1 aromatic heterocycles. The maximum absolute atomic E-state index is 12.9. The molecule has 0 aliphatic carbocycles. The van der Waals surface area contributed by atoms with E-state index in [1.165, 1.54) is 0 Å². The molecule has 10 heteroatoms. The summed E-state index contributed by atoms with van der Waals surface area (Å²) < 4.78 is 71.4. The number of hydrogen-bond donors (Lipinski definition) is 0. The summed E-state index contributed by atoms with van der Waals surface area (Å²) in [5.41, 5.74) is 1.67. The molecule has 0 amide bonds. The zero-order chi connectivity index (χ0) is 23.1. The van der Waals surface area contributed by atoms with Gasteiger partial charge in [-0.1, -0.05) is 35.9 Å². The topological polar surface area (TPSA) is 56.4 Å². The number of rotatable bonds is 4. The van der Waals surface area contributed by atoms with Crippen molar-refractivity contribution in [1.29, 1.82) is 0 Å². The molecule has 166 valence electrons. The van der Waals surface area contributed by atoms with E-state index < -0.39 is 27.5 Å². The Morgan fingerprint density at radius 2 is 1.50 bits per heavy atom. The molecule has 0 bridgehead atoms. The number of halogens is 4. The van der Waals surface area contributed by atoms with Crippen LogP contribution in [0, 0.1) is 0 Å². The molecule has 5 nitrogen and oxygen atoms in total. The van der Waals surface area contributed by atoms with Gasteiger partial charge in [0.15, 0.2) is 0 Å². The third-order valence-electron chi connectivity index (χ3n) is 4.92. The van der Waals surface area contributed by atoms with Gasteiger partial charge in [-0.3, -0.25) is 4.57 Å². The number of nitrogens with zero attached hydrogens (tertiary/aromatic N) is 3. The fourth-order valence-electron chi connectivity index (χ4n) is 3.41. The first-order valence-electron chi connectivity index (χ1n) is 9.42. The molecule has 4 aromatic rings. The number of para-hydroxylation sites is 2. The first-order chi connectivity index (χ1) is 15.0. The molecular formula is C22H17ClF3N3O2S. The Balaban J connectivity index is 1.83. The van der Waals surface area contributed by atoms with Crippen molar-refractivity contribution in [3.8, 4) is 5.69 Å². The van der Waals surface area contributed by atoms with Crippen LogP contribution >= 0.6 is 11.6 Å².